The summed E-state index contributed by atoms with van der Waals surface area (Å²) in [5.41, 5.74) is 0.0813. The van der Waals surface area contributed by atoms with E-state index in [1.165, 1.54) is 31.2 Å². The van der Waals surface area contributed by atoms with E-state index in [1.807, 2.05) is 0 Å². The van der Waals surface area contributed by atoms with Gasteiger partial charge in [-0.15, -0.1) is 0 Å². The molecule has 0 heterocycles. The standard InChI is InChI=1S/C14H12ClFN2O4S/c1-8-6-10(18(19)20)7-13(9(8)2)23(21,22)17-12-5-3-4-11(15)14(12)16/h3-7,17H,1-2H3. The second-order valence-electron chi connectivity index (χ2n) is 4.85. The zero-order valence-corrected chi connectivity index (χ0v) is 13.7. The first kappa shape index (κ1) is 17.2. The lowest BCUT2D eigenvalue weighted by atomic mass is 10.1. The van der Waals surface area contributed by atoms with Crippen molar-refractivity contribution >= 4 is 33.0 Å². The van der Waals surface area contributed by atoms with Crippen LogP contribution < -0.4 is 4.72 Å². The van der Waals surface area contributed by atoms with E-state index in [2.05, 4.69) is 4.72 Å². The highest BCUT2D eigenvalue weighted by Gasteiger charge is 2.23. The number of nitrogens with zero attached hydrogens (tertiary/aromatic N) is 1. The van der Waals surface area contributed by atoms with Gasteiger partial charge in [0.25, 0.3) is 15.7 Å². The normalized spacial score (nSPS) is 11.3. The number of hydrogen-bond acceptors (Lipinski definition) is 4. The summed E-state index contributed by atoms with van der Waals surface area (Å²) in [7, 11) is -4.21. The first-order chi connectivity index (χ1) is 10.6. The maximum atomic E-state index is 13.9. The Bertz CT molecular complexity index is 900. The first-order valence-corrected chi connectivity index (χ1v) is 8.22. The number of non-ortho nitro benzene ring substituents is 1. The molecule has 0 fully saturated rings. The van der Waals surface area contributed by atoms with Gasteiger partial charge < -0.3 is 0 Å². The van der Waals surface area contributed by atoms with Crippen LogP contribution in [0.2, 0.25) is 5.02 Å². The number of sulfonamides is 1. The lowest BCUT2D eigenvalue weighted by Crippen LogP contribution is -2.16. The van der Waals surface area contributed by atoms with Gasteiger partial charge in [-0.2, -0.15) is 0 Å². The monoisotopic (exact) mass is 358 g/mol. The van der Waals surface area contributed by atoms with E-state index in [0.29, 0.717) is 11.1 Å². The minimum absolute atomic E-state index is 0.239. The van der Waals surface area contributed by atoms with E-state index < -0.39 is 20.8 Å². The smallest absolute Gasteiger partial charge is 0.271 e. The zero-order chi connectivity index (χ0) is 17.4. The van der Waals surface area contributed by atoms with Gasteiger partial charge in [0.15, 0.2) is 5.82 Å². The summed E-state index contributed by atoms with van der Waals surface area (Å²) >= 11 is 5.61. The van der Waals surface area contributed by atoms with Crippen molar-refractivity contribution in [3.05, 3.63) is 62.4 Å². The molecule has 0 spiro atoms. The molecule has 23 heavy (non-hydrogen) atoms. The number of hydrogen-bond donors (Lipinski definition) is 1. The van der Waals surface area contributed by atoms with Crippen LogP contribution in [0.15, 0.2) is 35.2 Å². The molecule has 0 saturated carbocycles. The van der Waals surface area contributed by atoms with Crippen molar-refractivity contribution in [1.29, 1.82) is 0 Å². The summed E-state index contributed by atoms with van der Waals surface area (Å²) < 4.78 is 40.9. The highest BCUT2D eigenvalue weighted by molar-refractivity contribution is 7.92. The van der Waals surface area contributed by atoms with Crippen LogP contribution in [-0.2, 0) is 10.0 Å². The van der Waals surface area contributed by atoms with Crippen molar-refractivity contribution in [2.75, 3.05) is 4.72 Å². The molecule has 6 nitrogen and oxygen atoms in total. The average Bonchev–Trinajstić information content (AvgIpc) is 2.46. The minimum Gasteiger partial charge on any atom is -0.277 e. The van der Waals surface area contributed by atoms with Gasteiger partial charge >= 0.3 is 0 Å². The molecule has 0 aliphatic rings. The first-order valence-electron chi connectivity index (χ1n) is 6.36. The summed E-state index contributed by atoms with van der Waals surface area (Å²) in [6.07, 6.45) is 0. The molecule has 0 aromatic heterocycles. The van der Waals surface area contributed by atoms with Gasteiger partial charge in [-0.1, -0.05) is 17.7 Å². The van der Waals surface area contributed by atoms with Crippen LogP contribution in [0.5, 0.6) is 0 Å². The molecule has 2 aromatic carbocycles. The highest BCUT2D eigenvalue weighted by Crippen LogP contribution is 2.29. The van der Waals surface area contributed by atoms with Crippen LogP contribution in [0.4, 0.5) is 15.8 Å². The Balaban J connectivity index is 2.56. The van der Waals surface area contributed by atoms with Crippen molar-refractivity contribution in [3.8, 4) is 0 Å². The maximum absolute atomic E-state index is 13.9. The molecule has 0 radical (unpaired) electrons. The van der Waals surface area contributed by atoms with E-state index in [9.17, 15) is 22.9 Å². The highest BCUT2D eigenvalue weighted by atomic mass is 35.5. The summed E-state index contributed by atoms with van der Waals surface area (Å²) in [6.45, 7) is 3.07. The molecule has 0 saturated heterocycles. The van der Waals surface area contributed by atoms with Gasteiger partial charge in [0.05, 0.1) is 20.5 Å². The molecule has 2 rings (SSSR count). The van der Waals surface area contributed by atoms with Crippen molar-refractivity contribution < 1.29 is 17.7 Å². The summed E-state index contributed by atoms with van der Waals surface area (Å²) in [4.78, 5) is 9.94. The molecule has 0 unspecified atom stereocenters. The Hall–Kier alpha value is -2.19. The quantitative estimate of drug-likeness (QED) is 0.664. The van der Waals surface area contributed by atoms with E-state index >= 15 is 0 Å². The van der Waals surface area contributed by atoms with Crippen molar-refractivity contribution in [3.63, 3.8) is 0 Å². The van der Waals surface area contributed by atoms with Crippen molar-refractivity contribution in [2.24, 2.45) is 0 Å². The predicted octanol–water partition coefficient (Wildman–Crippen LogP) is 3.80. The Morgan fingerprint density at radius 1 is 1.26 bits per heavy atom. The second-order valence-corrected chi connectivity index (χ2v) is 6.91. The molecule has 0 bridgehead atoms. The third kappa shape index (κ3) is 3.43. The minimum atomic E-state index is -4.21. The van der Waals surface area contributed by atoms with Gasteiger partial charge in [-0.3, -0.25) is 14.8 Å². The summed E-state index contributed by atoms with van der Waals surface area (Å²) in [6, 6.07) is 6.08. The molecule has 0 aliphatic heterocycles. The summed E-state index contributed by atoms with van der Waals surface area (Å²) in [5, 5.41) is 10.7. The van der Waals surface area contributed by atoms with Crippen LogP contribution in [0.3, 0.4) is 0 Å². The number of aryl methyl sites for hydroxylation is 1. The number of halogens is 2. The van der Waals surface area contributed by atoms with Crippen LogP contribution in [0.25, 0.3) is 0 Å². The Morgan fingerprint density at radius 2 is 1.91 bits per heavy atom. The molecular formula is C14H12ClFN2O4S. The number of nitrogens with one attached hydrogen (secondary N) is 1. The van der Waals surface area contributed by atoms with Crippen LogP contribution in [-0.4, -0.2) is 13.3 Å². The topological polar surface area (TPSA) is 89.3 Å². The molecule has 0 aliphatic carbocycles. The van der Waals surface area contributed by atoms with Gasteiger partial charge in [-0.25, -0.2) is 12.8 Å². The fraction of sp³-hybridized carbons (Fsp3) is 0.143. The Morgan fingerprint density at radius 3 is 2.52 bits per heavy atom. The van der Waals surface area contributed by atoms with E-state index in [-0.39, 0.29) is 21.3 Å². The zero-order valence-electron chi connectivity index (χ0n) is 12.1. The van der Waals surface area contributed by atoms with Gasteiger partial charge in [0, 0.05) is 12.1 Å². The molecular weight excluding hydrogens is 347 g/mol. The van der Waals surface area contributed by atoms with E-state index in [1.54, 1.807) is 6.92 Å². The number of nitro groups is 1. The number of nitro benzene ring substituents is 1. The van der Waals surface area contributed by atoms with Crippen LogP contribution in [0, 0.1) is 29.8 Å². The molecule has 2 aromatic rings. The lowest BCUT2D eigenvalue weighted by Gasteiger charge is -2.13. The third-order valence-electron chi connectivity index (χ3n) is 3.30. The molecule has 122 valence electrons. The van der Waals surface area contributed by atoms with Gasteiger partial charge in [-0.05, 0) is 37.1 Å². The number of benzene rings is 2. The average molecular weight is 359 g/mol. The fourth-order valence-corrected chi connectivity index (χ4v) is 3.55. The SMILES string of the molecule is Cc1cc([N+](=O)[O-])cc(S(=O)(=O)Nc2cccc(Cl)c2F)c1C. The molecule has 1 N–H and O–H groups in total. The summed E-state index contributed by atoms with van der Waals surface area (Å²) in [5.74, 6) is -0.919. The second kappa shape index (κ2) is 6.13. The maximum Gasteiger partial charge on any atom is 0.271 e. The van der Waals surface area contributed by atoms with Gasteiger partial charge in [0.1, 0.15) is 0 Å². The number of rotatable bonds is 4. The predicted molar refractivity (Wildman–Crippen MR) is 84.8 cm³/mol. The van der Waals surface area contributed by atoms with Gasteiger partial charge in [0.2, 0.25) is 0 Å². The molecule has 0 atom stereocenters. The molecule has 9 heteroatoms. The van der Waals surface area contributed by atoms with Crippen LogP contribution >= 0.6 is 11.6 Å². The fourth-order valence-electron chi connectivity index (χ4n) is 1.98. The van der Waals surface area contributed by atoms with E-state index in [4.69, 9.17) is 11.6 Å². The van der Waals surface area contributed by atoms with Crippen molar-refractivity contribution in [2.45, 2.75) is 18.7 Å². The molecule has 0 amide bonds. The third-order valence-corrected chi connectivity index (χ3v) is 5.08. The largest absolute Gasteiger partial charge is 0.277 e. The lowest BCUT2D eigenvalue weighted by molar-refractivity contribution is -0.385. The Kier molecular flexibility index (Phi) is 4.58. The Labute approximate surface area is 137 Å². The van der Waals surface area contributed by atoms with E-state index in [0.717, 1.165) is 6.07 Å². The number of anilines is 1. The van der Waals surface area contributed by atoms with Crippen LogP contribution in [0.1, 0.15) is 11.1 Å². The van der Waals surface area contributed by atoms with Crippen molar-refractivity contribution in [1.82, 2.24) is 0 Å².